The normalized spacial score (nSPS) is 16.2. The summed E-state index contributed by atoms with van der Waals surface area (Å²) in [6.07, 6.45) is -2.82. The predicted molar refractivity (Wildman–Crippen MR) is 148 cm³/mol. The van der Waals surface area contributed by atoms with Gasteiger partial charge in [-0.05, 0) is 43.0 Å². The summed E-state index contributed by atoms with van der Waals surface area (Å²) < 4.78 is 23.8. The van der Waals surface area contributed by atoms with Gasteiger partial charge in [-0.15, -0.1) is 0 Å². The van der Waals surface area contributed by atoms with E-state index < -0.39 is 42.8 Å². The van der Waals surface area contributed by atoms with Crippen LogP contribution in [0.3, 0.4) is 0 Å². The number of anilines is 1. The number of benzene rings is 1. The molecule has 0 amide bonds. The lowest BCUT2D eigenvalue weighted by atomic mass is 9.93. The number of nitrogens with two attached hydrogens (primary N) is 1. The molecule has 0 fully saturated rings. The van der Waals surface area contributed by atoms with Crippen LogP contribution in [0.1, 0.15) is 45.9 Å². The monoisotopic (exact) mass is 570 g/mol. The Morgan fingerprint density at radius 1 is 1.20 bits per heavy atom. The van der Waals surface area contributed by atoms with Gasteiger partial charge < -0.3 is 34.9 Å². The third kappa shape index (κ3) is 8.12. The quantitative estimate of drug-likeness (QED) is 0.163. The number of carbonyl (C=O) groups excluding carboxylic acids is 1. The second-order valence-electron chi connectivity index (χ2n) is 10.7. The lowest BCUT2D eigenvalue weighted by Gasteiger charge is -2.34. The van der Waals surface area contributed by atoms with Crippen LogP contribution in [-0.2, 0) is 19.0 Å². The van der Waals surface area contributed by atoms with Gasteiger partial charge >= 0.3 is 5.97 Å². The molecule has 0 aliphatic carbocycles. The number of nitrogens with zero attached hydrogens (tertiary/aromatic N) is 4. The Bertz CT molecular complexity index is 1320. The molecule has 0 bridgehead atoms. The van der Waals surface area contributed by atoms with E-state index >= 15 is 0 Å². The van der Waals surface area contributed by atoms with Crippen molar-refractivity contribution in [1.82, 2.24) is 19.9 Å². The summed E-state index contributed by atoms with van der Waals surface area (Å²) in [6, 6.07) is 12.8. The van der Waals surface area contributed by atoms with E-state index in [1.54, 1.807) is 43.3 Å². The molecule has 0 radical (unpaired) electrons. The molecule has 2 unspecified atom stereocenters. The number of aromatic nitrogens is 3. The Balaban J connectivity index is 1.77. The first-order valence-electron chi connectivity index (χ1n) is 13.1. The summed E-state index contributed by atoms with van der Waals surface area (Å²) in [5.74, 6) is 0.0676. The fourth-order valence-corrected chi connectivity index (χ4v) is 3.82. The number of aliphatic hydroxyl groups excluding tert-OH is 2. The van der Waals surface area contributed by atoms with Crippen LogP contribution >= 0.6 is 0 Å². The van der Waals surface area contributed by atoms with Crippen molar-refractivity contribution in [2.24, 2.45) is 5.41 Å². The number of methoxy groups -OCH3 is 1. The third-order valence-electron chi connectivity index (χ3n) is 6.42. The van der Waals surface area contributed by atoms with Gasteiger partial charge in [0.15, 0.2) is 5.82 Å². The molecule has 5 atom stereocenters. The number of carbonyl (C=O) groups is 1. The van der Waals surface area contributed by atoms with Crippen molar-refractivity contribution in [2.45, 2.75) is 64.4 Å². The smallest absolute Gasteiger partial charge is 0.323 e. The summed E-state index contributed by atoms with van der Waals surface area (Å²) in [7, 11) is 1.20. The molecule has 3 rings (SSSR count). The lowest BCUT2D eigenvalue weighted by molar-refractivity contribution is -0.189. The second-order valence-corrected chi connectivity index (χ2v) is 10.7. The average molecular weight is 571 g/mol. The zero-order chi connectivity index (χ0) is 30.2. The lowest BCUT2D eigenvalue weighted by Crippen LogP contribution is -2.54. The van der Waals surface area contributed by atoms with Crippen molar-refractivity contribution < 1.29 is 34.0 Å². The van der Waals surface area contributed by atoms with Crippen LogP contribution in [0.5, 0.6) is 5.75 Å². The van der Waals surface area contributed by atoms with Crippen molar-refractivity contribution in [3.8, 4) is 11.8 Å². The Labute approximate surface area is 238 Å². The van der Waals surface area contributed by atoms with Crippen LogP contribution in [0, 0.1) is 16.7 Å². The van der Waals surface area contributed by atoms with Crippen LogP contribution in [0.2, 0.25) is 0 Å². The molecule has 0 saturated carbocycles. The number of hydrogen-bond donors (Lipinski definition) is 4. The van der Waals surface area contributed by atoms with Crippen molar-refractivity contribution in [1.29, 1.82) is 5.26 Å². The van der Waals surface area contributed by atoms with E-state index in [4.69, 9.17) is 24.7 Å². The minimum atomic E-state index is -2.06. The van der Waals surface area contributed by atoms with Gasteiger partial charge in [-0.1, -0.05) is 39.0 Å². The van der Waals surface area contributed by atoms with Crippen molar-refractivity contribution in [2.75, 3.05) is 26.1 Å². The third-order valence-corrected chi connectivity index (χ3v) is 6.42. The predicted octanol–water partition coefficient (Wildman–Crippen LogP) is 1.95. The topological polar surface area (TPSA) is 186 Å². The van der Waals surface area contributed by atoms with Gasteiger partial charge in [0, 0.05) is 7.11 Å². The maximum absolute atomic E-state index is 12.6. The van der Waals surface area contributed by atoms with Crippen molar-refractivity contribution in [3.05, 3.63) is 54.5 Å². The van der Waals surface area contributed by atoms with Gasteiger partial charge in [0.2, 0.25) is 5.60 Å². The van der Waals surface area contributed by atoms with Gasteiger partial charge in [0.1, 0.15) is 41.9 Å². The van der Waals surface area contributed by atoms with Gasteiger partial charge in [-0.25, -0.2) is 14.8 Å². The molecule has 3 aromatic rings. The highest BCUT2D eigenvalue weighted by Crippen LogP contribution is 2.29. The van der Waals surface area contributed by atoms with Crippen LogP contribution in [0.25, 0.3) is 5.52 Å². The van der Waals surface area contributed by atoms with E-state index in [2.05, 4.69) is 15.4 Å². The van der Waals surface area contributed by atoms with Gasteiger partial charge in [0.25, 0.3) is 6.41 Å². The van der Waals surface area contributed by atoms with Gasteiger partial charge in [0.05, 0.1) is 18.9 Å². The standard InChI is InChI=1S/C28H38N6O7/c1-18(25(37)39-14-13-27(2,3)4)33-26(41-19-9-7-6-8-10-19)40-16-28(15-29,38-5)23(36)22(35)20-11-12-21-24(30)31-17-32-34(20)21/h6-12,17-18,22-23,26,33,35-36H,13-14,16H2,1-5H3,(H2,30,31,32)/t18-,22-,23-,26?,28?/m0/s1. The van der Waals surface area contributed by atoms with Crippen LogP contribution in [0.4, 0.5) is 5.82 Å². The number of ether oxygens (including phenoxy) is 4. The zero-order valence-electron chi connectivity index (χ0n) is 23.9. The molecular weight excluding hydrogens is 532 g/mol. The molecule has 2 aromatic heterocycles. The minimum Gasteiger partial charge on any atom is -0.465 e. The molecule has 0 spiro atoms. The number of hydrogen-bond acceptors (Lipinski definition) is 12. The molecular formula is C28H38N6O7. The average Bonchev–Trinajstić information content (AvgIpc) is 3.38. The van der Waals surface area contributed by atoms with Gasteiger partial charge in [-0.2, -0.15) is 10.4 Å². The highest BCUT2D eigenvalue weighted by atomic mass is 16.7. The highest BCUT2D eigenvalue weighted by molar-refractivity contribution is 5.75. The van der Waals surface area contributed by atoms with Crippen LogP contribution in [-0.4, -0.2) is 75.3 Å². The maximum atomic E-state index is 12.6. The molecule has 222 valence electrons. The Hall–Kier alpha value is -3.80. The molecule has 5 N–H and O–H groups in total. The molecule has 2 heterocycles. The molecule has 0 aliphatic heterocycles. The first kappa shape index (κ1) is 31.7. The summed E-state index contributed by atoms with van der Waals surface area (Å²) in [4.78, 5) is 16.5. The summed E-state index contributed by atoms with van der Waals surface area (Å²) >= 11 is 0. The van der Waals surface area contributed by atoms with E-state index in [1.807, 2.05) is 26.8 Å². The highest BCUT2D eigenvalue weighted by Gasteiger charge is 2.45. The van der Waals surface area contributed by atoms with E-state index in [0.29, 0.717) is 17.7 Å². The largest absolute Gasteiger partial charge is 0.465 e. The summed E-state index contributed by atoms with van der Waals surface area (Å²) in [6.45, 7) is 7.41. The molecule has 0 aliphatic rings. The second kappa shape index (κ2) is 13.7. The molecule has 13 nitrogen and oxygen atoms in total. The number of rotatable bonds is 14. The van der Waals surface area contributed by atoms with Crippen LogP contribution < -0.4 is 15.8 Å². The van der Waals surface area contributed by atoms with E-state index in [9.17, 15) is 20.3 Å². The van der Waals surface area contributed by atoms with Crippen LogP contribution in [0.15, 0.2) is 48.8 Å². The number of aliphatic hydroxyl groups is 2. The number of nitrogen functional groups attached to an aromatic ring is 1. The molecule has 41 heavy (non-hydrogen) atoms. The fraction of sp³-hybridized carbons (Fsp3) is 0.500. The molecule has 1 aromatic carbocycles. The summed E-state index contributed by atoms with van der Waals surface area (Å²) in [5.41, 5.74) is 4.37. The molecule has 0 saturated heterocycles. The number of para-hydroxylation sites is 1. The zero-order valence-corrected chi connectivity index (χ0v) is 23.9. The van der Waals surface area contributed by atoms with E-state index in [1.165, 1.54) is 24.0 Å². The first-order chi connectivity index (χ1) is 19.4. The van der Waals surface area contributed by atoms with Crippen molar-refractivity contribution >= 4 is 17.3 Å². The number of nitrogens with one attached hydrogen (secondary N) is 1. The number of esters is 1. The SMILES string of the molecule is COC(C#N)(COC(N[C@@H](C)C(=O)OCCC(C)(C)C)Oc1ccccc1)[C@@H](O)[C@@H](O)c1ccc2c(N)ncnn12. The fourth-order valence-electron chi connectivity index (χ4n) is 3.82. The Kier molecular flexibility index (Phi) is 10.6. The van der Waals surface area contributed by atoms with Gasteiger partial charge in [-0.3, -0.25) is 4.79 Å². The first-order valence-corrected chi connectivity index (χ1v) is 13.1. The van der Waals surface area contributed by atoms with E-state index in [0.717, 1.165) is 0 Å². The van der Waals surface area contributed by atoms with Crippen molar-refractivity contribution in [3.63, 3.8) is 0 Å². The Morgan fingerprint density at radius 2 is 1.90 bits per heavy atom. The number of nitriles is 1. The maximum Gasteiger partial charge on any atom is 0.323 e. The summed E-state index contributed by atoms with van der Waals surface area (Å²) in [5, 5.41) is 39.3. The number of fused-ring (bicyclic) bond motifs is 1. The molecule has 13 heteroatoms. The minimum absolute atomic E-state index is 0.00207. The Morgan fingerprint density at radius 3 is 2.54 bits per heavy atom. The van der Waals surface area contributed by atoms with E-state index in [-0.39, 0.29) is 23.5 Å².